The second kappa shape index (κ2) is 4.51. The van der Waals surface area contributed by atoms with E-state index in [0.29, 0.717) is 0 Å². The fraction of sp³-hybridized carbons (Fsp3) is 1.00. The van der Waals surface area contributed by atoms with Crippen LogP contribution in [-0.4, -0.2) is 12.6 Å². The number of hydrogen-bond acceptors (Lipinski definition) is 0. The molecule has 0 unspecified atom stereocenters. The molecule has 0 aliphatic heterocycles. The van der Waals surface area contributed by atoms with Crippen LogP contribution >= 0.6 is 0 Å². The quantitative estimate of drug-likeness (QED) is 0.455. The molecule has 0 rings (SSSR count). The van der Waals surface area contributed by atoms with Gasteiger partial charge in [-0.05, 0) is 12.8 Å². The summed E-state index contributed by atoms with van der Waals surface area (Å²) in [5.74, 6) is 0. The molecule has 0 atom stereocenters. The summed E-state index contributed by atoms with van der Waals surface area (Å²) < 4.78 is 56.9. The zero-order chi connectivity index (χ0) is 8.91. The fourth-order valence-electron chi connectivity index (χ4n) is 0.624. The number of alkyl halides is 5. The summed E-state index contributed by atoms with van der Waals surface area (Å²) in [6, 6.07) is 0. The minimum absolute atomic E-state index is 0.0584. The van der Waals surface area contributed by atoms with Gasteiger partial charge in [0.2, 0.25) is 6.43 Å². The first-order valence-corrected chi connectivity index (χ1v) is 3.27. The van der Waals surface area contributed by atoms with Gasteiger partial charge >= 0.3 is 6.18 Å². The van der Waals surface area contributed by atoms with Crippen molar-refractivity contribution in [2.24, 2.45) is 0 Å². The lowest BCUT2D eigenvalue weighted by Gasteiger charge is -2.04. The molecule has 0 spiro atoms. The maximum Gasteiger partial charge on any atom is 0.389 e. The van der Waals surface area contributed by atoms with Crippen molar-refractivity contribution in [1.82, 2.24) is 0 Å². The predicted octanol–water partition coefficient (Wildman–Crippen LogP) is 3.37. The molecule has 0 N–H and O–H groups in total. The molecular weight excluding hydrogens is 167 g/mol. The summed E-state index contributed by atoms with van der Waals surface area (Å²) in [5, 5.41) is 0. The molecule has 0 amide bonds. The Bertz CT molecular complexity index is 95.6. The molecule has 0 aliphatic rings. The van der Waals surface area contributed by atoms with Crippen molar-refractivity contribution in [1.29, 1.82) is 0 Å². The number of rotatable bonds is 4. The number of halogens is 5. The van der Waals surface area contributed by atoms with E-state index in [2.05, 4.69) is 0 Å². The van der Waals surface area contributed by atoms with Gasteiger partial charge in [-0.25, -0.2) is 8.78 Å². The molecular formula is C6H9F5. The number of hydrogen-bond donors (Lipinski definition) is 0. The van der Waals surface area contributed by atoms with E-state index in [1.807, 2.05) is 0 Å². The molecule has 0 saturated carbocycles. The van der Waals surface area contributed by atoms with Gasteiger partial charge in [0.15, 0.2) is 0 Å². The average Bonchev–Trinajstić information content (AvgIpc) is 1.78. The van der Waals surface area contributed by atoms with Crippen molar-refractivity contribution >= 4 is 0 Å². The SMILES string of the molecule is FC(F)CCCCC(F)(F)F. The lowest BCUT2D eigenvalue weighted by atomic mass is 10.2. The van der Waals surface area contributed by atoms with Gasteiger partial charge in [-0.1, -0.05) is 0 Å². The van der Waals surface area contributed by atoms with Crippen LogP contribution in [0.25, 0.3) is 0 Å². The Morgan fingerprint density at radius 2 is 1.55 bits per heavy atom. The maximum atomic E-state index is 11.4. The van der Waals surface area contributed by atoms with E-state index >= 15 is 0 Å². The van der Waals surface area contributed by atoms with Gasteiger partial charge in [0.1, 0.15) is 0 Å². The van der Waals surface area contributed by atoms with Gasteiger partial charge in [-0.2, -0.15) is 13.2 Å². The van der Waals surface area contributed by atoms with Crippen LogP contribution in [0.1, 0.15) is 25.7 Å². The first-order valence-electron chi connectivity index (χ1n) is 3.27. The van der Waals surface area contributed by atoms with Crippen LogP contribution in [0.4, 0.5) is 22.0 Å². The summed E-state index contributed by atoms with van der Waals surface area (Å²) in [6.07, 6.45) is -8.34. The van der Waals surface area contributed by atoms with E-state index in [4.69, 9.17) is 0 Å². The van der Waals surface area contributed by atoms with Crippen LogP contribution in [0.15, 0.2) is 0 Å². The maximum absolute atomic E-state index is 11.4. The number of unbranched alkanes of at least 4 members (excludes halogenated alkanes) is 1. The van der Waals surface area contributed by atoms with Gasteiger partial charge in [0.25, 0.3) is 0 Å². The van der Waals surface area contributed by atoms with E-state index in [-0.39, 0.29) is 12.8 Å². The molecule has 0 radical (unpaired) electrons. The van der Waals surface area contributed by atoms with Crippen LogP contribution in [0, 0.1) is 0 Å². The van der Waals surface area contributed by atoms with Crippen molar-refractivity contribution in [3.8, 4) is 0 Å². The Labute approximate surface area is 61.4 Å². The monoisotopic (exact) mass is 176 g/mol. The largest absolute Gasteiger partial charge is 0.389 e. The summed E-state index contributed by atoms with van der Waals surface area (Å²) in [6.45, 7) is 0. The Balaban J connectivity index is 3.15. The third-order valence-electron chi connectivity index (χ3n) is 1.13. The molecule has 0 aliphatic carbocycles. The molecule has 0 aromatic heterocycles. The second-order valence-corrected chi connectivity index (χ2v) is 2.25. The highest BCUT2D eigenvalue weighted by molar-refractivity contribution is 4.51. The first-order chi connectivity index (χ1) is 4.92. The van der Waals surface area contributed by atoms with Gasteiger partial charge in [-0.15, -0.1) is 0 Å². The smallest absolute Gasteiger partial charge is 0.211 e. The molecule has 0 aromatic rings. The molecule has 0 nitrogen and oxygen atoms in total. The summed E-state index contributed by atoms with van der Waals surface area (Å²) in [4.78, 5) is 0. The summed E-state index contributed by atoms with van der Waals surface area (Å²) in [5.41, 5.74) is 0. The molecule has 11 heavy (non-hydrogen) atoms. The Kier molecular flexibility index (Phi) is 4.37. The molecule has 0 aromatic carbocycles. The van der Waals surface area contributed by atoms with Crippen LogP contribution in [0.5, 0.6) is 0 Å². The lowest BCUT2D eigenvalue weighted by Crippen LogP contribution is -2.06. The van der Waals surface area contributed by atoms with Crippen molar-refractivity contribution in [2.75, 3.05) is 0 Å². The van der Waals surface area contributed by atoms with E-state index < -0.39 is 25.4 Å². The molecule has 0 bridgehead atoms. The third kappa shape index (κ3) is 9.65. The van der Waals surface area contributed by atoms with Crippen LogP contribution < -0.4 is 0 Å². The average molecular weight is 176 g/mol. The molecule has 5 heteroatoms. The Hall–Kier alpha value is -0.350. The normalized spacial score (nSPS) is 12.5. The van der Waals surface area contributed by atoms with Crippen LogP contribution in [0.3, 0.4) is 0 Å². The van der Waals surface area contributed by atoms with Gasteiger partial charge in [-0.3, -0.25) is 0 Å². The highest BCUT2D eigenvalue weighted by Gasteiger charge is 2.25. The van der Waals surface area contributed by atoms with Crippen LogP contribution in [-0.2, 0) is 0 Å². The van der Waals surface area contributed by atoms with Crippen molar-refractivity contribution in [2.45, 2.75) is 38.3 Å². The first kappa shape index (κ1) is 10.7. The minimum atomic E-state index is -4.21. The van der Waals surface area contributed by atoms with Crippen molar-refractivity contribution in [3.05, 3.63) is 0 Å². The predicted molar refractivity (Wildman–Crippen MR) is 30.5 cm³/mol. The summed E-state index contributed by atoms with van der Waals surface area (Å²) in [7, 11) is 0. The zero-order valence-electron chi connectivity index (χ0n) is 5.80. The standard InChI is InChI=1S/C6H9F5/c7-5(8)3-1-2-4-6(9,10)11/h5H,1-4H2. The minimum Gasteiger partial charge on any atom is -0.211 e. The van der Waals surface area contributed by atoms with Crippen molar-refractivity contribution < 1.29 is 22.0 Å². The molecule has 0 fully saturated rings. The van der Waals surface area contributed by atoms with E-state index in [0.717, 1.165) is 0 Å². The molecule has 68 valence electrons. The Morgan fingerprint density at radius 1 is 1.00 bits per heavy atom. The molecule has 0 saturated heterocycles. The third-order valence-corrected chi connectivity index (χ3v) is 1.13. The topological polar surface area (TPSA) is 0 Å². The fourth-order valence-corrected chi connectivity index (χ4v) is 0.624. The van der Waals surface area contributed by atoms with Gasteiger partial charge in [0, 0.05) is 12.8 Å². The highest BCUT2D eigenvalue weighted by Crippen LogP contribution is 2.23. The van der Waals surface area contributed by atoms with Crippen LogP contribution in [0.2, 0.25) is 0 Å². The summed E-state index contributed by atoms with van der Waals surface area (Å²) >= 11 is 0. The zero-order valence-corrected chi connectivity index (χ0v) is 5.80. The van der Waals surface area contributed by atoms with Crippen molar-refractivity contribution in [3.63, 3.8) is 0 Å². The van der Waals surface area contributed by atoms with E-state index in [1.54, 1.807) is 0 Å². The molecule has 0 heterocycles. The van der Waals surface area contributed by atoms with E-state index in [1.165, 1.54) is 0 Å². The second-order valence-electron chi connectivity index (χ2n) is 2.25. The van der Waals surface area contributed by atoms with Gasteiger partial charge < -0.3 is 0 Å². The lowest BCUT2D eigenvalue weighted by molar-refractivity contribution is -0.136. The highest BCUT2D eigenvalue weighted by atomic mass is 19.4. The Morgan fingerprint density at radius 3 is 1.91 bits per heavy atom. The van der Waals surface area contributed by atoms with Gasteiger partial charge in [0.05, 0.1) is 0 Å². The van der Waals surface area contributed by atoms with E-state index in [9.17, 15) is 22.0 Å².